The lowest BCUT2D eigenvalue weighted by atomic mass is 10.1. The van der Waals surface area contributed by atoms with E-state index in [2.05, 4.69) is 15.0 Å². The molecule has 4 aromatic heterocycles. The lowest BCUT2D eigenvalue weighted by Gasteiger charge is -2.28. The number of carboxylic acid groups (broad SMARTS) is 1. The number of morpholine rings is 1. The van der Waals surface area contributed by atoms with Gasteiger partial charge >= 0.3 is 5.97 Å². The van der Waals surface area contributed by atoms with Crippen LogP contribution in [0.25, 0.3) is 40.0 Å². The molecule has 1 aliphatic heterocycles. The summed E-state index contributed by atoms with van der Waals surface area (Å²) >= 11 is 0. The molecule has 9 heteroatoms. The second kappa shape index (κ2) is 9.20. The monoisotopic (exact) mass is 478 g/mol. The zero-order valence-electron chi connectivity index (χ0n) is 19.3. The van der Waals surface area contributed by atoms with E-state index in [4.69, 9.17) is 14.7 Å². The number of pyridine rings is 2. The molecule has 0 aliphatic carbocycles. The molecule has 1 saturated heterocycles. The Bertz CT molecular complexity index is 1620. The van der Waals surface area contributed by atoms with Crippen LogP contribution in [0.5, 0.6) is 0 Å². The molecule has 0 saturated carbocycles. The van der Waals surface area contributed by atoms with Crippen LogP contribution in [0, 0.1) is 0 Å². The number of anilines is 1. The molecule has 0 spiro atoms. The highest BCUT2D eigenvalue weighted by Crippen LogP contribution is 2.31. The summed E-state index contributed by atoms with van der Waals surface area (Å²) < 4.78 is 7.27. The summed E-state index contributed by atoms with van der Waals surface area (Å²) in [7, 11) is 0. The van der Waals surface area contributed by atoms with Gasteiger partial charge in [0.25, 0.3) is 0 Å². The van der Waals surface area contributed by atoms with E-state index in [1.54, 1.807) is 23.0 Å². The number of nitrogens with zero attached hydrogens (tertiary/aromatic N) is 6. The van der Waals surface area contributed by atoms with Gasteiger partial charge < -0.3 is 14.7 Å². The Morgan fingerprint density at radius 3 is 2.72 bits per heavy atom. The van der Waals surface area contributed by atoms with Gasteiger partial charge in [0, 0.05) is 36.4 Å². The molecule has 0 atom stereocenters. The number of ether oxygens (including phenoxy) is 1. The van der Waals surface area contributed by atoms with Gasteiger partial charge in [-0.05, 0) is 36.4 Å². The summed E-state index contributed by atoms with van der Waals surface area (Å²) in [5.41, 5.74) is 5.33. The fourth-order valence-corrected chi connectivity index (χ4v) is 4.41. The molecule has 0 unspecified atom stereocenters. The third-order valence-electron chi connectivity index (χ3n) is 6.17. The van der Waals surface area contributed by atoms with Gasteiger partial charge in [0.05, 0.1) is 47.6 Å². The Labute approximate surface area is 206 Å². The first-order valence-corrected chi connectivity index (χ1v) is 11.6. The summed E-state index contributed by atoms with van der Waals surface area (Å²) in [4.78, 5) is 27.7. The molecule has 1 aromatic carbocycles. The Kier molecular flexibility index (Phi) is 5.59. The maximum atomic E-state index is 11.6. The highest BCUT2D eigenvalue weighted by atomic mass is 16.5. The molecule has 5 heterocycles. The molecular formula is C27H22N6O3. The van der Waals surface area contributed by atoms with Gasteiger partial charge in [0.2, 0.25) is 0 Å². The average Bonchev–Trinajstić information content (AvgIpc) is 3.31. The molecule has 5 aromatic rings. The second-order valence-electron chi connectivity index (χ2n) is 8.43. The molecule has 0 bridgehead atoms. The first-order valence-electron chi connectivity index (χ1n) is 11.6. The average molecular weight is 479 g/mol. The highest BCUT2D eigenvalue weighted by molar-refractivity contribution is 5.90. The molecule has 6 rings (SSSR count). The Morgan fingerprint density at radius 1 is 1.00 bits per heavy atom. The van der Waals surface area contributed by atoms with E-state index in [-0.39, 0.29) is 5.56 Å². The van der Waals surface area contributed by atoms with Crippen LogP contribution < -0.4 is 4.90 Å². The van der Waals surface area contributed by atoms with E-state index in [0.29, 0.717) is 35.8 Å². The normalized spacial score (nSPS) is 14.2. The topological polar surface area (TPSA) is 106 Å². The molecule has 36 heavy (non-hydrogen) atoms. The minimum absolute atomic E-state index is 0.0953. The fraction of sp³-hybridized carbons (Fsp3) is 0.148. The van der Waals surface area contributed by atoms with Crippen molar-refractivity contribution in [3.8, 4) is 11.3 Å². The minimum atomic E-state index is -1.04. The highest BCUT2D eigenvalue weighted by Gasteiger charge is 2.21. The SMILES string of the molecule is O=C(O)c1cncc(-c2c(/C=C/c3ccc4ccccc4n3)nc3c(N4CCOCC4)ccnn23)c1. The third kappa shape index (κ3) is 4.05. The van der Waals surface area contributed by atoms with Crippen LogP contribution in [0.2, 0.25) is 0 Å². The van der Waals surface area contributed by atoms with Crippen LogP contribution in [-0.4, -0.2) is 61.9 Å². The van der Waals surface area contributed by atoms with Gasteiger partial charge in [-0.25, -0.2) is 19.3 Å². The van der Waals surface area contributed by atoms with Crippen molar-refractivity contribution in [1.82, 2.24) is 24.6 Å². The van der Waals surface area contributed by atoms with Crippen molar-refractivity contribution in [2.24, 2.45) is 0 Å². The number of rotatable bonds is 5. The van der Waals surface area contributed by atoms with E-state index in [9.17, 15) is 9.90 Å². The number of hydrogen-bond donors (Lipinski definition) is 1. The Balaban J connectivity index is 1.51. The molecule has 1 fully saturated rings. The second-order valence-corrected chi connectivity index (χ2v) is 8.43. The smallest absolute Gasteiger partial charge is 0.337 e. The predicted molar refractivity (Wildman–Crippen MR) is 137 cm³/mol. The fourth-order valence-electron chi connectivity index (χ4n) is 4.41. The molecule has 1 aliphatic rings. The van der Waals surface area contributed by atoms with Crippen molar-refractivity contribution in [1.29, 1.82) is 0 Å². The van der Waals surface area contributed by atoms with Crippen LogP contribution in [-0.2, 0) is 4.74 Å². The van der Waals surface area contributed by atoms with Gasteiger partial charge in [-0.2, -0.15) is 5.10 Å². The van der Waals surface area contributed by atoms with E-state index in [0.717, 1.165) is 35.4 Å². The number of aromatic nitrogens is 5. The van der Waals surface area contributed by atoms with Gasteiger partial charge in [-0.3, -0.25) is 4.98 Å². The molecule has 0 radical (unpaired) electrons. The van der Waals surface area contributed by atoms with Crippen LogP contribution >= 0.6 is 0 Å². The van der Waals surface area contributed by atoms with Crippen LogP contribution in [0.3, 0.4) is 0 Å². The number of imidazole rings is 1. The quantitative estimate of drug-likeness (QED) is 0.403. The largest absolute Gasteiger partial charge is 0.478 e. The summed E-state index contributed by atoms with van der Waals surface area (Å²) in [6.07, 6.45) is 8.48. The number of carbonyl (C=O) groups is 1. The predicted octanol–water partition coefficient (Wildman–Crippen LogP) is 4.04. The zero-order chi connectivity index (χ0) is 24.5. The van der Waals surface area contributed by atoms with Gasteiger partial charge in [-0.1, -0.05) is 24.3 Å². The van der Waals surface area contributed by atoms with Crippen molar-refractivity contribution >= 4 is 40.4 Å². The van der Waals surface area contributed by atoms with Crippen molar-refractivity contribution in [3.05, 3.63) is 84.1 Å². The molecule has 178 valence electrons. The number of fused-ring (bicyclic) bond motifs is 2. The van der Waals surface area contributed by atoms with Crippen LogP contribution in [0.15, 0.2) is 67.1 Å². The molecule has 0 amide bonds. The Hall–Kier alpha value is -4.63. The summed E-state index contributed by atoms with van der Waals surface area (Å²) in [5.74, 6) is -1.04. The lowest BCUT2D eigenvalue weighted by Crippen LogP contribution is -2.36. The van der Waals surface area contributed by atoms with Crippen molar-refractivity contribution in [2.45, 2.75) is 0 Å². The summed E-state index contributed by atoms with van der Waals surface area (Å²) in [5, 5.41) is 15.2. The maximum Gasteiger partial charge on any atom is 0.337 e. The van der Waals surface area contributed by atoms with Crippen LogP contribution in [0.4, 0.5) is 5.69 Å². The first-order chi connectivity index (χ1) is 17.7. The van der Waals surface area contributed by atoms with Gasteiger partial charge in [0.1, 0.15) is 5.69 Å². The van der Waals surface area contributed by atoms with E-state index in [1.165, 1.54) is 6.20 Å². The first kappa shape index (κ1) is 21.9. The number of aromatic carboxylic acids is 1. The molecular weight excluding hydrogens is 456 g/mol. The number of hydrogen-bond acceptors (Lipinski definition) is 7. The zero-order valence-corrected chi connectivity index (χ0v) is 19.3. The lowest BCUT2D eigenvalue weighted by molar-refractivity contribution is 0.0696. The van der Waals surface area contributed by atoms with Crippen molar-refractivity contribution in [3.63, 3.8) is 0 Å². The van der Waals surface area contributed by atoms with Crippen LogP contribution in [0.1, 0.15) is 21.7 Å². The Morgan fingerprint density at radius 2 is 1.86 bits per heavy atom. The van der Waals surface area contributed by atoms with Gasteiger partial charge in [0.15, 0.2) is 5.65 Å². The van der Waals surface area contributed by atoms with E-state index < -0.39 is 5.97 Å². The standard InChI is InChI=1S/C27H22N6O3/c34-27(35)20-15-19(16-28-17-20)25-23(8-7-21-6-5-18-3-1-2-4-22(18)30-21)31-26-24(9-10-29-33(25)26)32-11-13-36-14-12-32/h1-10,15-17H,11-14H2,(H,34,35)/b8-7+. The summed E-state index contributed by atoms with van der Waals surface area (Å²) in [6, 6.07) is 15.5. The number of benzene rings is 1. The molecule has 9 nitrogen and oxygen atoms in total. The molecule has 1 N–H and O–H groups in total. The maximum absolute atomic E-state index is 11.6. The summed E-state index contributed by atoms with van der Waals surface area (Å²) in [6.45, 7) is 2.80. The number of carboxylic acids is 1. The number of para-hydroxylation sites is 1. The van der Waals surface area contributed by atoms with E-state index >= 15 is 0 Å². The van der Waals surface area contributed by atoms with Gasteiger partial charge in [-0.15, -0.1) is 0 Å². The minimum Gasteiger partial charge on any atom is -0.478 e. The van der Waals surface area contributed by atoms with Crippen molar-refractivity contribution < 1.29 is 14.6 Å². The van der Waals surface area contributed by atoms with Crippen molar-refractivity contribution in [2.75, 3.05) is 31.2 Å². The third-order valence-corrected chi connectivity index (χ3v) is 6.17. The van der Waals surface area contributed by atoms with E-state index in [1.807, 2.05) is 54.6 Å².